The Balaban J connectivity index is 1.57. The van der Waals surface area contributed by atoms with Gasteiger partial charge in [0.25, 0.3) is 5.91 Å². The highest BCUT2D eigenvalue weighted by atomic mass is 16.5. The Morgan fingerprint density at radius 1 is 1.25 bits per heavy atom. The highest BCUT2D eigenvalue weighted by Gasteiger charge is 2.25. The van der Waals surface area contributed by atoms with E-state index in [-0.39, 0.29) is 12.0 Å². The van der Waals surface area contributed by atoms with E-state index in [4.69, 9.17) is 4.74 Å². The Morgan fingerprint density at radius 2 is 2.12 bits per heavy atom. The molecule has 0 N–H and O–H groups in total. The summed E-state index contributed by atoms with van der Waals surface area (Å²) in [5.74, 6) is 0.0219. The molecule has 126 valence electrons. The van der Waals surface area contributed by atoms with E-state index in [9.17, 15) is 4.79 Å². The van der Waals surface area contributed by atoms with E-state index in [0.29, 0.717) is 25.3 Å². The number of carbonyl (C=O) groups is 1. The number of pyridine rings is 1. The van der Waals surface area contributed by atoms with Crippen molar-refractivity contribution < 1.29 is 9.53 Å². The molecule has 0 bridgehead atoms. The smallest absolute Gasteiger partial charge is 0.255 e. The van der Waals surface area contributed by atoms with Crippen LogP contribution in [0.15, 0.2) is 30.7 Å². The molecule has 24 heavy (non-hydrogen) atoms. The van der Waals surface area contributed by atoms with E-state index >= 15 is 0 Å². The summed E-state index contributed by atoms with van der Waals surface area (Å²) < 4.78 is 5.81. The monoisotopic (exact) mass is 326 g/mol. The third-order valence-corrected chi connectivity index (χ3v) is 4.17. The van der Waals surface area contributed by atoms with Gasteiger partial charge in [-0.05, 0) is 44.9 Å². The lowest BCUT2D eigenvalue weighted by Gasteiger charge is -2.33. The first-order valence-electron chi connectivity index (χ1n) is 8.23. The van der Waals surface area contributed by atoms with Gasteiger partial charge in [-0.25, -0.2) is 9.97 Å². The Kier molecular flexibility index (Phi) is 5.15. The predicted molar refractivity (Wildman–Crippen MR) is 89.7 cm³/mol. The number of morpholine rings is 1. The topological polar surface area (TPSA) is 68.2 Å². The zero-order valence-electron chi connectivity index (χ0n) is 14.1. The summed E-state index contributed by atoms with van der Waals surface area (Å²) in [5.41, 5.74) is 3.52. The minimum atomic E-state index is 0.0219. The molecule has 0 aliphatic carbocycles. The first kappa shape index (κ1) is 16.5. The highest BCUT2D eigenvalue weighted by molar-refractivity contribution is 5.94. The lowest BCUT2D eigenvalue weighted by atomic mass is 10.1. The Labute approximate surface area is 141 Å². The molecule has 6 nitrogen and oxygen atoms in total. The summed E-state index contributed by atoms with van der Waals surface area (Å²) in [6.45, 7) is 5.66. The van der Waals surface area contributed by atoms with E-state index in [1.54, 1.807) is 12.5 Å². The molecule has 2 aromatic rings. The van der Waals surface area contributed by atoms with Crippen LogP contribution in [0.4, 0.5) is 0 Å². The fraction of sp³-hybridized carbons (Fsp3) is 0.444. The molecule has 1 fully saturated rings. The van der Waals surface area contributed by atoms with E-state index in [1.807, 2.05) is 36.9 Å². The fourth-order valence-corrected chi connectivity index (χ4v) is 2.81. The van der Waals surface area contributed by atoms with Crippen molar-refractivity contribution >= 4 is 5.91 Å². The minimum absolute atomic E-state index is 0.0219. The van der Waals surface area contributed by atoms with Gasteiger partial charge < -0.3 is 9.64 Å². The van der Waals surface area contributed by atoms with Crippen LogP contribution in [0.1, 0.15) is 33.9 Å². The normalized spacial score (nSPS) is 17.8. The maximum Gasteiger partial charge on any atom is 0.255 e. The first-order chi connectivity index (χ1) is 11.6. The van der Waals surface area contributed by atoms with Crippen molar-refractivity contribution in [1.29, 1.82) is 0 Å². The number of rotatable bonds is 4. The SMILES string of the molecule is Cc1ccc(C(=O)N2CCO[C@H](CCc3cc(C)ncn3)C2)cn1. The van der Waals surface area contributed by atoms with Crippen molar-refractivity contribution in [3.05, 3.63) is 53.4 Å². The third-order valence-electron chi connectivity index (χ3n) is 4.17. The number of aryl methyl sites for hydroxylation is 3. The number of ether oxygens (including phenoxy) is 1. The number of aromatic nitrogens is 3. The van der Waals surface area contributed by atoms with E-state index in [0.717, 1.165) is 29.9 Å². The molecule has 1 aliphatic rings. The van der Waals surface area contributed by atoms with Crippen molar-refractivity contribution in [1.82, 2.24) is 19.9 Å². The van der Waals surface area contributed by atoms with E-state index in [2.05, 4.69) is 15.0 Å². The number of carbonyl (C=O) groups excluding carboxylic acids is 1. The van der Waals surface area contributed by atoms with Crippen molar-refractivity contribution in [2.24, 2.45) is 0 Å². The third kappa shape index (κ3) is 4.14. The van der Waals surface area contributed by atoms with Crippen LogP contribution in [0.3, 0.4) is 0 Å². The molecule has 1 aliphatic heterocycles. The van der Waals surface area contributed by atoms with Gasteiger partial charge in [-0.3, -0.25) is 9.78 Å². The summed E-state index contributed by atoms with van der Waals surface area (Å²) in [4.78, 5) is 27.0. The van der Waals surface area contributed by atoms with Gasteiger partial charge in [0.05, 0.1) is 18.3 Å². The molecule has 6 heteroatoms. The quantitative estimate of drug-likeness (QED) is 0.859. The predicted octanol–water partition coefficient (Wildman–Crippen LogP) is 1.96. The molecule has 3 heterocycles. The summed E-state index contributed by atoms with van der Waals surface area (Å²) in [5, 5.41) is 0. The Bertz CT molecular complexity index is 702. The number of amides is 1. The lowest BCUT2D eigenvalue weighted by Crippen LogP contribution is -2.45. The van der Waals surface area contributed by atoms with Crippen LogP contribution < -0.4 is 0 Å². The van der Waals surface area contributed by atoms with Gasteiger partial charge >= 0.3 is 0 Å². The largest absolute Gasteiger partial charge is 0.375 e. The van der Waals surface area contributed by atoms with Crippen LogP contribution in [0, 0.1) is 13.8 Å². The van der Waals surface area contributed by atoms with Crippen LogP contribution in [-0.4, -0.2) is 51.6 Å². The molecule has 1 atom stereocenters. The van der Waals surface area contributed by atoms with Crippen LogP contribution in [-0.2, 0) is 11.2 Å². The molecule has 0 spiro atoms. The summed E-state index contributed by atoms with van der Waals surface area (Å²) in [6.07, 6.45) is 4.93. The average molecular weight is 326 g/mol. The summed E-state index contributed by atoms with van der Waals surface area (Å²) >= 11 is 0. The van der Waals surface area contributed by atoms with E-state index in [1.165, 1.54) is 0 Å². The first-order valence-corrected chi connectivity index (χ1v) is 8.23. The van der Waals surface area contributed by atoms with Crippen molar-refractivity contribution in [3.63, 3.8) is 0 Å². The molecule has 0 radical (unpaired) electrons. The standard InChI is InChI=1S/C18H22N4O2/c1-13-3-4-15(10-19-13)18(23)22-7-8-24-17(11-22)6-5-16-9-14(2)20-12-21-16/h3-4,9-10,12,17H,5-8,11H2,1-2H3/t17-/m1/s1. The second kappa shape index (κ2) is 7.49. The molecule has 1 saturated heterocycles. The zero-order chi connectivity index (χ0) is 16.9. The number of hydrogen-bond acceptors (Lipinski definition) is 5. The van der Waals surface area contributed by atoms with Gasteiger partial charge in [-0.2, -0.15) is 0 Å². The molecule has 1 amide bonds. The minimum Gasteiger partial charge on any atom is -0.375 e. The second-order valence-corrected chi connectivity index (χ2v) is 6.12. The second-order valence-electron chi connectivity index (χ2n) is 6.12. The Morgan fingerprint density at radius 3 is 2.88 bits per heavy atom. The lowest BCUT2D eigenvalue weighted by molar-refractivity contribution is -0.0247. The number of nitrogens with zero attached hydrogens (tertiary/aromatic N) is 4. The highest BCUT2D eigenvalue weighted by Crippen LogP contribution is 2.14. The van der Waals surface area contributed by atoms with Gasteiger partial charge in [-0.1, -0.05) is 0 Å². The molecule has 2 aromatic heterocycles. The van der Waals surface area contributed by atoms with Crippen molar-refractivity contribution in [2.45, 2.75) is 32.8 Å². The molecule has 3 rings (SSSR count). The van der Waals surface area contributed by atoms with Crippen LogP contribution in [0.2, 0.25) is 0 Å². The van der Waals surface area contributed by atoms with Gasteiger partial charge in [0.15, 0.2) is 0 Å². The van der Waals surface area contributed by atoms with Crippen LogP contribution in [0.25, 0.3) is 0 Å². The molecule has 0 aromatic carbocycles. The zero-order valence-corrected chi connectivity index (χ0v) is 14.1. The maximum atomic E-state index is 12.6. The molecule has 0 saturated carbocycles. The van der Waals surface area contributed by atoms with Gasteiger partial charge in [0.1, 0.15) is 6.33 Å². The maximum absolute atomic E-state index is 12.6. The van der Waals surface area contributed by atoms with Crippen LogP contribution in [0.5, 0.6) is 0 Å². The molecular weight excluding hydrogens is 304 g/mol. The average Bonchev–Trinajstić information content (AvgIpc) is 2.60. The van der Waals surface area contributed by atoms with Gasteiger partial charge in [0, 0.05) is 36.4 Å². The summed E-state index contributed by atoms with van der Waals surface area (Å²) in [7, 11) is 0. The summed E-state index contributed by atoms with van der Waals surface area (Å²) in [6, 6.07) is 5.69. The Hall–Kier alpha value is -2.34. The van der Waals surface area contributed by atoms with Crippen molar-refractivity contribution in [2.75, 3.05) is 19.7 Å². The van der Waals surface area contributed by atoms with Crippen LogP contribution >= 0.6 is 0 Å². The van der Waals surface area contributed by atoms with Gasteiger partial charge in [-0.15, -0.1) is 0 Å². The van der Waals surface area contributed by atoms with Crippen molar-refractivity contribution in [3.8, 4) is 0 Å². The molecular formula is C18H22N4O2. The van der Waals surface area contributed by atoms with Gasteiger partial charge in [0.2, 0.25) is 0 Å². The fourth-order valence-electron chi connectivity index (χ4n) is 2.81. The molecule has 0 unspecified atom stereocenters. The van der Waals surface area contributed by atoms with E-state index < -0.39 is 0 Å². The number of hydrogen-bond donors (Lipinski definition) is 0.